The maximum absolute atomic E-state index is 6.08. The predicted molar refractivity (Wildman–Crippen MR) is 91.7 cm³/mol. The van der Waals surface area contributed by atoms with Gasteiger partial charge in [-0.05, 0) is 23.8 Å². The van der Waals surface area contributed by atoms with Crippen molar-refractivity contribution < 1.29 is 0 Å². The lowest BCUT2D eigenvalue weighted by Gasteiger charge is -2.02. The molecule has 0 saturated heterocycles. The van der Waals surface area contributed by atoms with Crippen molar-refractivity contribution in [3.05, 3.63) is 70.5 Å². The Kier molecular flexibility index (Phi) is 4.34. The third kappa shape index (κ3) is 3.00. The molecule has 0 spiro atoms. The standard InChI is InChI=1S/C16H11BrCl2N2/c17-9-16-13(11-4-2-1-3-5-11)10-21(20-16)12-6-7-14(18)15(19)8-12/h1-8,10H,9H2. The molecule has 106 valence electrons. The van der Waals surface area contributed by atoms with E-state index in [1.807, 2.05) is 41.2 Å². The number of aromatic nitrogens is 2. The van der Waals surface area contributed by atoms with Gasteiger partial charge in [-0.25, -0.2) is 4.68 Å². The summed E-state index contributed by atoms with van der Waals surface area (Å²) in [6.45, 7) is 0. The van der Waals surface area contributed by atoms with Gasteiger partial charge in [-0.1, -0.05) is 69.5 Å². The highest BCUT2D eigenvalue weighted by Crippen LogP contribution is 2.28. The molecule has 0 amide bonds. The Morgan fingerprint density at radius 2 is 1.76 bits per heavy atom. The van der Waals surface area contributed by atoms with Crippen LogP contribution in [-0.4, -0.2) is 9.78 Å². The number of halogens is 3. The summed E-state index contributed by atoms with van der Waals surface area (Å²) in [4.78, 5) is 0. The van der Waals surface area contributed by atoms with Crippen molar-refractivity contribution in [2.45, 2.75) is 5.33 Å². The molecule has 0 aliphatic carbocycles. The van der Waals surface area contributed by atoms with E-state index in [0.717, 1.165) is 22.5 Å². The van der Waals surface area contributed by atoms with Gasteiger partial charge in [0.1, 0.15) is 0 Å². The van der Waals surface area contributed by atoms with Crippen LogP contribution in [0, 0.1) is 0 Å². The molecule has 0 bridgehead atoms. The van der Waals surface area contributed by atoms with Gasteiger partial charge in [-0.2, -0.15) is 5.10 Å². The van der Waals surface area contributed by atoms with Crippen LogP contribution >= 0.6 is 39.1 Å². The van der Waals surface area contributed by atoms with Gasteiger partial charge in [0.2, 0.25) is 0 Å². The van der Waals surface area contributed by atoms with Crippen molar-refractivity contribution in [1.29, 1.82) is 0 Å². The Labute approximate surface area is 141 Å². The SMILES string of the molecule is Clc1ccc(-n2cc(-c3ccccc3)c(CBr)n2)cc1Cl. The zero-order valence-electron chi connectivity index (χ0n) is 10.9. The molecule has 0 aliphatic rings. The minimum Gasteiger partial charge on any atom is -0.240 e. The highest BCUT2D eigenvalue weighted by Gasteiger charge is 2.11. The van der Waals surface area contributed by atoms with E-state index >= 15 is 0 Å². The Balaban J connectivity index is 2.09. The van der Waals surface area contributed by atoms with Crippen LogP contribution in [0.15, 0.2) is 54.7 Å². The lowest BCUT2D eigenvalue weighted by molar-refractivity contribution is 0.860. The van der Waals surface area contributed by atoms with E-state index in [1.54, 1.807) is 6.07 Å². The smallest absolute Gasteiger partial charge is 0.0812 e. The van der Waals surface area contributed by atoms with Crippen molar-refractivity contribution in [3.8, 4) is 16.8 Å². The molecule has 0 unspecified atom stereocenters. The summed E-state index contributed by atoms with van der Waals surface area (Å²) < 4.78 is 1.82. The van der Waals surface area contributed by atoms with Crippen molar-refractivity contribution in [1.82, 2.24) is 9.78 Å². The van der Waals surface area contributed by atoms with E-state index in [4.69, 9.17) is 23.2 Å². The first kappa shape index (κ1) is 14.6. The highest BCUT2D eigenvalue weighted by molar-refractivity contribution is 9.08. The number of hydrogen-bond donors (Lipinski definition) is 0. The zero-order valence-corrected chi connectivity index (χ0v) is 14.0. The van der Waals surface area contributed by atoms with E-state index in [9.17, 15) is 0 Å². The van der Waals surface area contributed by atoms with Crippen LogP contribution in [0.4, 0.5) is 0 Å². The molecule has 0 fully saturated rings. The fourth-order valence-electron chi connectivity index (χ4n) is 2.13. The van der Waals surface area contributed by atoms with E-state index in [0.29, 0.717) is 15.4 Å². The summed E-state index contributed by atoms with van der Waals surface area (Å²) in [7, 11) is 0. The van der Waals surface area contributed by atoms with E-state index in [2.05, 4.69) is 33.2 Å². The van der Waals surface area contributed by atoms with Gasteiger partial charge in [-0.15, -0.1) is 0 Å². The third-order valence-electron chi connectivity index (χ3n) is 3.17. The Hall–Kier alpha value is -1.29. The molecule has 21 heavy (non-hydrogen) atoms. The van der Waals surface area contributed by atoms with Gasteiger partial charge >= 0.3 is 0 Å². The summed E-state index contributed by atoms with van der Waals surface area (Å²) in [6.07, 6.45) is 2.01. The highest BCUT2D eigenvalue weighted by atomic mass is 79.9. The molecule has 0 atom stereocenters. The molecular formula is C16H11BrCl2N2. The van der Waals surface area contributed by atoms with Crippen LogP contribution in [0.1, 0.15) is 5.69 Å². The molecule has 0 N–H and O–H groups in total. The molecule has 0 aliphatic heterocycles. The summed E-state index contributed by atoms with van der Waals surface area (Å²) in [5.41, 5.74) is 4.10. The van der Waals surface area contributed by atoms with Gasteiger partial charge in [0.05, 0.1) is 21.4 Å². The second-order valence-electron chi connectivity index (χ2n) is 4.53. The third-order valence-corrected chi connectivity index (χ3v) is 4.44. The van der Waals surface area contributed by atoms with Gasteiger partial charge in [0, 0.05) is 17.1 Å². The van der Waals surface area contributed by atoms with Gasteiger partial charge in [-0.3, -0.25) is 0 Å². The molecule has 2 aromatic carbocycles. The molecule has 0 saturated carbocycles. The van der Waals surface area contributed by atoms with Crippen LogP contribution in [0.5, 0.6) is 0 Å². The first-order chi connectivity index (χ1) is 10.2. The van der Waals surface area contributed by atoms with Crippen molar-refractivity contribution in [2.24, 2.45) is 0 Å². The second kappa shape index (κ2) is 6.22. The molecule has 2 nitrogen and oxygen atoms in total. The molecule has 3 aromatic rings. The zero-order chi connectivity index (χ0) is 14.8. The first-order valence-electron chi connectivity index (χ1n) is 6.34. The quantitative estimate of drug-likeness (QED) is 0.529. The van der Waals surface area contributed by atoms with E-state index in [-0.39, 0.29) is 0 Å². The van der Waals surface area contributed by atoms with Crippen LogP contribution < -0.4 is 0 Å². The average molecular weight is 382 g/mol. The average Bonchev–Trinajstić information content (AvgIpc) is 2.95. The number of rotatable bonds is 3. The van der Waals surface area contributed by atoms with Crippen molar-refractivity contribution in [2.75, 3.05) is 0 Å². The Morgan fingerprint density at radius 1 is 1.00 bits per heavy atom. The minimum absolute atomic E-state index is 0.520. The van der Waals surface area contributed by atoms with Gasteiger partial charge < -0.3 is 0 Å². The minimum atomic E-state index is 0.520. The maximum atomic E-state index is 6.08. The van der Waals surface area contributed by atoms with Crippen LogP contribution in [0.3, 0.4) is 0 Å². The second-order valence-corrected chi connectivity index (χ2v) is 5.91. The number of benzene rings is 2. The lowest BCUT2D eigenvalue weighted by Crippen LogP contribution is -1.95. The van der Waals surface area contributed by atoms with Crippen LogP contribution in [0.25, 0.3) is 16.8 Å². The summed E-state index contributed by atoms with van der Waals surface area (Å²) >= 11 is 15.5. The van der Waals surface area contributed by atoms with Crippen molar-refractivity contribution >= 4 is 39.1 Å². The number of hydrogen-bond acceptors (Lipinski definition) is 1. The maximum Gasteiger partial charge on any atom is 0.0812 e. The van der Waals surface area contributed by atoms with E-state index in [1.165, 1.54) is 0 Å². The molecular weight excluding hydrogens is 371 g/mol. The summed E-state index contributed by atoms with van der Waals surface area (Å²) in [5, 5.41) is 6.36. The molecule has 0 radical (unpaired) electrons. The fraction of sp³-hybridized carbons (Fsp3) is 0.0625. The van der Waals surface area contributed by atoms with E-state index < -0.39 is 0 Å². The predicted octanol–water partition coefficient (Wildman–Crippen LogP) is 5.74. The summed E-state index contributed by atoms with van der Waals surface area (Å²) in [5.74, 6) is 0. The van der Waals surface area contributed by atoms with Gasteiger partial charge in [0.15, 0.2) is 0 Å². The molecule has 1 heterocycles. The number of nitrogens with zero attached hydrogens (tertiary/aromatic N) is 2. The first-order valence-corrected chi connectivity index (χ1v) is 8.22. The van der Waals surface area contributed by atoms with Crippen molar-refractivity contribution in [3.63, 3.8) is 0 Å². The van der Waals surface area contributed by atoms with Crippen LogP contribution in [-0.2, 0) is 5.33 Å². The molecule has 1 aromatic heterocycles. The lowest BCUT2D eigenvalue weighted by atomic mass is 10.1. The monoisotopic (exact) mass is 380 g/mol. The fourth-order valence-corrected chi connectivity index (χ4v) is 2.83. The topological polar surface area (TPSA) is 17.8 Å². The number of alkyl halides is 1. The molecule has 5 heteroatoms. The Morgan fingerprint density at radius 3 is 2.43 bits per heavy atom. The van der Waals surface area contributed by atoms with Gasteiger partial charge in [0.25, 0.3) is 0 Å². The largest absolute Gasteiger partial charge is 0.240 e. The van der Waals surface area contributed by atoms with Crippen LogP contribution in [0.2, 0.25) is 10.0 Å². The summed E-state index contributed by atoms with van der Waals surface area (Å²) in [6, 6.07) is 15.7. The molecule has 3 rings (SSSR count). The normalized spacial score (nSPS) is 10.8. The Bertz CT molecular complexity index is 769.